The average Bonchev–Trinajstić information content (AvgIpc) is 2.71. The molecule has 1 atom stereocenters. The minimum absolute atomic E-state index is 0.706. The molecule has 4 nitrogen and oxygen atoms in total. The molecule has 1 N–H and O–H groups in total. The summed E-state index contributed by atoms with van der Waals surface area (Å²) >= 11 is 6.21. The van der Waals surface area contributed by atoms with Crippen LogP contribution >= 0.6 is 11.6 Å². The Kier molecular flexibility index (Phi) is 5.88. The van der Waals surface area contributed by atoms with Gasteiger partial charge in [-0.1, -0.05) is 18.0 Å². The quantitative estimate of drug-likeness (QED) is 0.426. The van der Waals surface area contributed by atoms with E-state index in [4.69, 9.17) is 21.3 Å². The van der Waals surface area contributed by atoms with Gasteiger partial charge in [0.2, 0.25) is 0 Å². The van der Waals surface area contributed by atoms with Gasteiger partial charge in [0.15, 0.2) is 0 Å². The van der Waals surface area contributed by atoms with E-state index in [1.807, 2.05) is 24.3 Å². The molecular formula is C23H28ClN3O. The van der Waals surface area contributed by atoms with Crippen molar-refractivity contribution in [1.82, 2.24) is 9.88 Å². The molecule has 1 aliphatic rings. The zero-order valence-electron chi connectivity index (χ0n) is 16.7. The number of nitrogens with zero attached hydrogens (tertiary/aromatic N) is 2. The van der Waals surface area contributed by atoms with E-state index < -0.39 is 0 Å². The molecule has 0 saturated carbocycles. The van der Waals surface area contributed by atoms with Crippen molar-refractivity contribution in [3.8, 4) is 5.75 Å². The lowest BCUT2D eigenvalue weighted by Crippen LogP contribution is -2.38. The molecule has 148 valence electrons. The number of likely N-dealkylation sites (tertiary alicyclic amines) is 1. The zero-order valence-corrected chi connectivity index (χ0v) is 17.4. The Morgan fingerprint density at radius 3 is 2.86 bits per heavy atom. The van der Waals surface area contributed by atoms with Crippen molar-refractivity contribution in [3.63, 3.8) is 0 Å². The van der Waals surface area contributed by atoms with E-state index in [1.54, 1.807) is 7.11 Å². The number of aromatic nitrogens is 1. The van der Waals surface area contributed by atoms with Gasteiger partial charge in [-0.15, -0.1) is 0 Å². The van der Waals surface area contributed by atoms with Crippen LogP contribution in [-0.4, -0.2) is 42.7 Å². The number of piperidine rings is 1. The first-order chi connectivity index (χ1) is 13.7. The van der Waals surface area contributed by atoms with Gasteiger partial charge < -0.3 is 15.0 Å². The fourth-order valence-corrected chi connectivity index (χ4v) is 4.37. The van der Waals surface area contributed by atoms with Gasteiger partial charge in [0.05, 0.1) is 23.8 Å². The Morgan fingerprint density at radius 2 is 2.04 bits per heavy atom. The second-order valence-electron chi connectivity index (χ2n) is 7.69. The average molecular weight is 398 g/mol. The van der Waals surface area contributed by atoms with Crippen molar-refractivity contribution >= 4 is 39.1 Å². The van der Waals surface area contributed by atoms with Crippen LogP contribution in [0.4, 0.5) is 5.69 Å². The van der Waals surface area contributed by atoms with Crippen LogP contribution in [0.5, 0.6) is 5.75 Å². The molecule has 0 amide bonds. The van der Waals surface area contributed by atoms with E-state index in [0.29, 0.717) is 11.1 Å². The lowest BCUT2D eigenvalue weighted by Gasteiger charge is -2.33. The van der Waals surface area contributed by atoms with Gasteiger partial charge in [-0.05, 0) is 69.1 Å². The van der Waals surface area contributed by atoms with Crippen LogP contribution in [0.15, 0.2) is 36.4 Å². The molecule has 2 aromatic carbocycles. The molecule has 2 heterocycles. The third-order valence-corrected chi connectivity index (χ3v) is 6.04. The number of pyridine rings is 1. The fraction of sp³-hybridized carbons (Fsp3) is 0.435. The van der Waals surface area contributed by atoms with Crippen molar-refractivity contribution in [1.29, 1.82) is 0 Å². The van der Waals surface area contributed by atoms with E-state index in [0.717, 1.165) is 52.8 Å². The SMILES string of the molecule is COc1ccc2nc3cc(Cl)ccc3c(NCCCN3CCCCC3C)c2c1. The van der Waals surface area contributed by atoms with Crippen LogP contribution in [0.25, 0.3) is 21.8 Å². The Labute approximate surface area is 171 Å². The summed E-state index contributed by atoms with van der Waals surface area (Å²) in [4.78, 5) is 7.42. The molecule has 28 heavy (non-hydrogen) atoms. The smallest absolute Gasteiger partial charge is 0.119 e. The number of anilines is 1. The normalized spacial score (nSPS) is 17.9. The van der Waals surface area contributed by atoms with Crippen molar-refractivity contribution in [2.75, 3.05) is 32.1 Å². The van der Waals surface area contributed by atoms with Crippen molar-refractivity contribution in [2.45, 2.75) is 38.6 Å². The summed E-state index contributed by atoms with van der Waals surface area (Å²) in [5.41, 5.74) is 2.97. The molecule has 1 unspecified atom stereocenters. The number of halogens is 1. The van der Waals surface area contributed by atoms with Crippen LogP contribution in [0.2, 0.25) is 5.02 Å². The largest absolute Gasteiger partial charge is 0.497 e. The maximum atomic E-state index is 6.21. The molecule has 0 spiro atoms. The molecule has 0 aliphatic carbocycles. The topological polar surface area (TPSA) is 37.4 Å². The first-order valence-electron chi connectivity index (χ1n) is 10.2. The molecule has 3 aromatic rings. The zero-order chi connectivity index (χ0) is 19.5. The summed E-state index contributed by atoms with van der Waals surface area (Å²) < 4.78 is 5.44. The highest BCUT2D eigenvalue weighted by Gasteiger charge is 2.17. The molecular weight excluding hydrogens is 370 g/mol. The van der Waals surface area contributed by atoms with Crippen molar-refractivity contribution in [3.05, 3.63) is 41.4 Å². The second-order valence-corrected chi connectivity index (χ2v) is 8.13. The number of benzene rings is 2. The van der Waals surface area contributed by atoms with Crippen molar-refractivity contribution < 1.29 is 4.74 Å². The molecule has 1 saturated heterocycles. The highest BCUT2D eigenvalue weighted by Crippen LogP contribution is 2.34. The van der Waals surface area contributed by atoms with E-state index in [9.17, 15) is 0 Å². The predicted molar refractivity (Wildman–Crippen MR) is 119 cm³/mol. The minimum Gasteiger partial charge on any atom is -0.497 e. The summed E-state index contributed by atoms with van der Waals surface area (Å²) in [6.45, 7) is 5.66. The Bertz CT molecular complexity index is 975. The summed E-state index contributed by atoms with van der Waals surface area (Å²) in [7, 11) is 1.70. The number of nitrogens with one attached hydrogen (secondary N) is 1. The van der Waals surface area contributed by atoms with E-state index in [1.165, 1.54) is 25.8 Å². The highest BCUT2D eigenvalue weighted by atomic mass is 35.5. The van der Waals surface area contributed by atoms with Gasteiger partial charge in [0.25, 0.3) is 0 Å². The number of methoxy groups -OCH3 is 1. The molecule has 0 radical (unpaired) electrons. The maximum Gasteiger partial charge on any atom is 0.119 e. The molecule has 5 heteroatoms. The minimum atomic E-state index is 0.706. The maximum absolute atomic E-state index is 6.21. The Hall–Kier alpha value is -2.04. The molecule has 4 rings (SSSR count). The van der Waals surface area contributed by atoms with Crippen LogP contribution in [-0.2, 0) is 0 Å². The number of rotatable bonds is 6. The Morgan fingerprint density at radius 1 is 1.14 bits per heavy atom. The summed E-state index contributed by atoms with van der Waals surface area (Å²) in [6.07, 6.45) is 5.15. The van der Waals surface area contributed by atoms with Crippen LogP contribution in [0.3, 0.4) is 0 Å². The van der Waals surface area contributed by atoms with Gasteiger partial charge >= 0.3 is 0 Å². The summed E-state index contributed by atoms with van der Waals surface area (Å²) in [5.74, 6) is 0.841. The van der Waals surface area contributed by atoms with Gasteiger partial charge in [0.1, 0.15) is 5.75 Å². The van der Waals surface area contributed by atoms with Crippen LogP contribution in [0, 0.1) is 0 Å². The lowest BCUT2D eigenvalue weighted by atomic mass is 10.0. The van der Waals surface area contributed by atoms with Gasteiger partial charge in [0, 0.05) is 34.9 Å². The van der Waals surface area contributed by atoms with Crippen LogP contribution in [0.1, 0.15) is 32.6 Å². The molecule has 1 aliphatic heterocycles. The van der Waals surface area contributed by atoms with Crippen LogP contribution < -0.4 is 10.1 Å². The monoisotopic (exact) mass is 397 g/mol. The second kappa shape index (κ2) is 8.54. The third kappa shape index (κ3) is 4.03. The van der Waals surface area contributed by atoms with Crippen molar-refractivity contribution in [2.24, 2.45) is 0 Å². The summed E-state index contributed by atoms with van der Waals surface area (Å²) in [6, 6.07) is 12.6. The summed E-state index contributed by atoms with van der Waals surface area (Å²) in [5, 5.41) is 6.57. The number of fused-ring (bicyclic) bond motifs is 2. The Balaban J connectivity index is 1.59. The number of ether oxygens (including phenoxy) is 1. The fourth-order valence-electron chi connectivity index (χ4n) is 4.20. The lowest BCUT2D eigenvalue weighted by molar-refractivity contribution is 0.160. The highest BCUT2D eigenvalue weighted by molar-refractivity contribution is 6.31. The van der Waals surface area contributed by atoms with E-state index >= 15 is 0 Å². The first-order valence-corrected chi connectivity index (χ1v) is 10.6. The van der Waals surface area contributed by atoms with E-state index in [-0.39, 0.29) is 0 Å². The van der Waals surface area contributed by atoms with E-state index in [2.05, 4.69) is 29.3 Å². The van der Waals surface area contributed by atoms with Gasteiger partial charge in [-0.25, -0.2) is 4.98 Å². The standard InChI is InChI=1S/C23H28ClN3O/c1-16-6-3-4-12-27(16)13-5-11-25-23-19-9-7-17(24)14-22(19)26-21-10-8-18(28-2)15-20(21)23/h7-10,14-16H,3-6,11-13H2,1-2H3,(H,25,26). The van der Waals surface area contributed by atoms with Gasteiger partial charge in [-0.2, -0.15) is 0 Å². The predicted octanol–water partition coefficient (Wildman–Crippen LogP) is 5.73. The molecule has 1 fully saturated rings. The molecule has 0 bridgehead atoms. The number of hydrogen-bond acceptors (Lipinski definition) is 4. The third-order valence-electron chi connectivity index (χ3n) is 5.81. The first kappa shape index (κ1) is 19.3. The molecule has 1 aromatic heterocycles. The van der Waals surface area contributed by atoms with Gasteiger partial charge in [-0.3, -0.25) is 0 Å². The number of hydrogen-bond donors (Lipinski definition) is 1.